The molecule has 96 valence electrons. The van der Waals surface area contributed by atoms with Gasteiger partial charge in [-0.05, 0) is 51.7 Å². The lowest BCUT2D eigenvalue weighted by molar-refractivity contribution is 0.175. The van der Waals surface area contributed by atoms with Crippen molar-refractivity contribution in [3.05, 3.63) is 0 Å². The standard InChI is InChI=1S/C14H30N2/c1-5-6-7-8-16(12(2)3)11-14-10-15-9-13(14)4/h12-15H,5-11H2,1-4H3. The summed E-state index contributed by atoms with van der Waals surface area (Å²) in [7, 11) is 0. The zero-order chi connectivity index (χ0) is 12.0. The van der Waals surface area contributed by atoms with Gasteiger partial charge in [-0.1, -0.05) is 26.7 Å². The lowest BCUT2D eigenvalue weighted by Crippen LogP contribution is -2.38. The molecule has 1 aliphatic heterocycles. The van der Waals surface area contributed by atoms with Crippen LogP contribution >= 0.6 is 0 Å². The van der Waals surface area contributed by atoms with Crippen molar-refractivity contribution in [3.8, 4) is 0 Å². The molecule has 0 aromatic heterocycles. The molecule has 2 atom stereocenters. The number of rotatable bonds is 7. The first kappa shape index (κ1) is 14.0. The second-order valence-electron chi connectivity index (χ2n) is 5.69. The van der Waals surface area contributed by atoms with Crippen molar-refractivity contribution in [1.82, 2.24) is 10.2 Å². The van der Waals surface area contributed by atoms with E-state index in [0.717, 1.165) is 11.8 Å². The van der Waals surface area contributed by atoms with Crippen molar-refractivity contribution >= 4 is 0 Å². The van der Waals surface area contributed by atoms with Gasteiger partial charge < -0.3 is 10.2 Å². The third-order valence-electron chi connectivity index (χ3n) is 3.93. The van der Waals surface area contributed by atoms with Gasteiger partial charge >= 0.3 is 0 Å². The minimum atomic E-state index is 0.699. The first-order valence-electron chi connectivity index (χ1n) is 7.09. The maximum absolute atomic E-state index is 3.51. The second kappa shape index (κ2) is 7.29. The molecule has 1 aliphatic rings. The fourth-order valence-corrected chi connectivity index (χ4v) is 2.54. The lowest BCUT2D eigenvalue weighted by atomic mass is 9.97. The number of hydrogen-bond donors (Lipinski definition) is 1. The highest BCUT2D eigenvalue weighted by atomic mass is 15.2. The van der Waals surface area contributed by atoms with Crippen molar-refractivity contribution in [2.75, 3.05) is 26.2 Å². The third kappa shape index (κ3) is 4.42. The van der Waals surface area contributed by atoms with Crippen molar-refractivity contribution in [2.45, 2.75) is 53.0 Å². The van der Waals surface area contributed by atoms with Gasteiger partial charge in [0.1, 0.15) is 0 Å². The van der Waals surface area contributed by atoms with E-state index in [0.29, 0.717) is 6.04 Å². The smallest absolute Gasteiger partial charge is 0.00387 e. The van der Waals surface area contributed by atoms with E-state index < -0.39 is 0 Å². The molecule has 0 aliphatic carbocycles. The Hall–Kier alpha value is -0.0800. The van der Waals surface area contributed by atoms with Gasteiger partial charge in [-0.3, -0.25) is 0 Å². The van der Waals surface area contributed by atoms with Gasteiger partial charge in [0.2, 0.25) is 0 Å². The Morgan fingerprint density at radius 3 is 2.50 bits per heavy atom. The van der Waals surface area contributed by atoms with Crippen LogP contribution in [0.5, 0.6) is 0 Å². The Balaban J connectivity index is 2.32. The molecule has 0 spiro atoms. The Bertz CT molecular complexity index is 180. The SMILES string of the molecule is CCCCCN(CC1CNCC1C)C(C)C. The highest BCUT2D eigenvalue weighted by molar-refractivity contribution is 4.81. The molecule has 0 aromatic carbocycles. The van der Waals surface area contributed by atoms with E-state index in [2.05, 4.69) is 37.9 Å². The Morgan fingerprint density at radius 1 is 1.25 bits per heavy atom. The minimum absolute atomic E-state index is 0.699. The first-order valence-corrected chi connectivity index (χ1v) is 7.09. The molecule has 1 N–H and O–H groups in total. The normalized spacial score (nSPS) is 25.9. The number of unbranched alkanes of at least 4 members (excludes halogenated alkanes) is 2. The van der Waals surface area contributed by atoms with Crippen LogP contribution in [0.1, 0.15) is 47.0 Å². The van der Waals surface area contributed by atoms with E-state index in [9.17, 15) is 0 Å². The van der Waals surface area contributed by atoms with Gasteiger partial charge in [0.25, 0.3) is 0 Å². The summed E-state index contributed by atoms with van der Waals surface area (Å²) in [5, 5.41) is 3.51. The predicted octanol–water partition coefficient (Wildman–Crippen LogP) is 2.74. The molecule has 1 rings (SSSR count). The molecule has 1 heterocycles. The van der Waals surface area contributed by atoms with Crippen LogP contribution in [-0.4, -0.2) is 37.1 Å². The van der Waals surface area contributed by atoms with Crippen LogP contribution in [0.15, 0.2) is 0 Å². The van der Waals surface area contributed by atoms with Crippen LogP contribution in [0.2, 0.25) is 0 Å². The molecule has 1 saturated heterocycles. The van der Waals surface area contributed by atoms with Crippen molar-refractivity contribution in [2.24, 2.45) is 11.8 Å². The van der Waals surface area contributed by atoms with Crippen LogP contribution in [0, 0.1) is 11.8 Å². The number of nitrogens with one attached hydrogen (secondary N) is 1. The average Bonchev–Trinajstić information content (AvgIpc) is 2.63. The van der Waals surface area contributed by atoms with Crippen LogP contribution in [0.3, 0.4) is 0 Å². The minimum Gasteiger partial charge on any atom is -0.316 e. The molecule has 0 amide bonds. The van der Waals surface area contributed by atoms with E-state index in [-0.39, 0.29) is 0 Å². The summed E-state index contributed by atoms with van der Waals surface area (Å²) < 4.78 is 0. The van der Waals surface area contributed by atoms with Gasteiger partial charge in [0, 0.05) is 12.6 Å². The van der Waals surface area contributed by atoms with E-state index >= 15 is 0 Å². The Labute approximate surface area is 102 Å². The first-order chi connectivity index (χ1) is 7.65. The van der Waals surface area contributed by atoms with E-state index in [1.807, 2.05) is 0 Å². The number of nitrogens with zero attached hydrogens (tertiary/aromatic N) is 1. The average molecular weight is 226 g/mol. The van der Waals surface area contributed by atoms with Crippen LogP contribution in [0.25, 0.3) is 0 Å². The molecular formula is C14H30N2. The lowest BCUT2D eigenvalue weighted by Gasteiger charge is -2.30. The van der Waals surface area contributed by atoms with Crippen LogP contribution in [0.4, 0.5) is 0 Å². The molecule has 2 unspecified atom stereocenters. The van der Waals surface area contributed by atoms with Gasteiger partial charge in [0.05, 0.1) is 0 Å². The van der Waals surface area contributed by atoms with Crippen molar-refractivity contribution < 1.29 is 0 Å². The molecule has 1 fully saturated rings. The fourth-order valence-electron chi connectivity index (χ4n) is 2.54. The molecule has 16 heavy (non-hydrogen) atoms. The molecule has 2 nitrogen and oxygen atoms in total. The van der Waals surface area contributed by atoms with Crippen LogP contribution in [-0.2, 0) is 0 Å². The maximum Gasteiger partial charge on any atom is 0.00387 e. The summed E-state index contributed by atoms with van der Waals surface area (Å²) in [6.07, 6.45) is 4.07. The van der Waals surface area contributed by atoms with E-state index in [1.54, 1.807) is 0 Å². The summed E-state index contributed by atoms with van der Waals surface area (Å²) >= 11 is 0. The zero-order valence-corrected chi connectivity index (χ0v) is 11.6. The largest absolute Gasteiger partial charge is 0.316 e. The summed E-state index contributed by atoms with van der Waals surface area (Å²) in [5.74, 6) is 1.72. The molecule has 0 saturated carbocycles. The molecule has 0 radical (unpaired) electrons. The van der Waals surface area contributed by atoms with Gasteiger partial charge in [-0.25, -0.2) is 0 Å². The maximum atomic E-state index is 3.51. The van der Waals surface area contributed by atoms with Gasteiger partial charge in [0.15, 0.2) is 0 Å². The Kier molecular flexibility index (Phi) is 6.37. The van der Waals surface area contributed by atoms with Crippen LogP contribution < -0.4 is 5.32 Å². The quantitative estimate of drug-likeness (QED) is 0.672. The van der Waals surface area contributed by atoms with Gasteiger partial charge in [-0.2, -0.15) is 0 Å². The van der Waals surface area contributed by atoms with E-state index in [1.165, 1.54) is 45.4 Å². The highest BCUT2D eigenvalue weighted by Gasteiger charge is 2.25. The van der Waals surface area contributed by atoms with Crippen molar-refractivity contribution in [1.29, 1.82) is 0 Å². The molecule has 0 bridgehead atoms. The summed E-state index contributed by atoms with van der Waals surface area (Å²) in [4.78, 5) is 2.67. The summed E-state index contributed by atoms with van der Waals surface area (Å²) in [5.41, 5.74) is 0. The third-order valence-corrected chi connectivity index (χ3v) is 3.93. The predicted molar refractivity (Wildman–Crippen MR) is 71.8 cm³/mol. The van der Waals surface area contributed by atoms with Crippen molar-refractivity contribution in [3.63, 3.8) is 0 Å². The monoisotopic (exact) mass is 226 g/mol. The van der Waals surface area contributed by atoms with Gasteiger partial charge in [-0.15, -0.1) is 0 Å². The summed E-state index contributed by atoms with van der Waals surface area (Å²) in [6.45, 7) is 14.3. The molecular weight excluding hydrogens is 196 g/mol. The fraction of sp³-hybridized carbons (Fsp3) is 1.00. The molecule has 0 aromatic rings. The van der Waals surface area contributed by atoms with E-state index in [4.69, 9.17) is 0 Å². The zero-order valence-electron chi connectivity index (χ0n) is 11.6. The Morgan fingerprint density at radius 2 is 2.00 bits per heavy atom. The topological polar surface area (TPSA) is 15.3 Å². The molecule has 2 heteroatoms. The summed E-state index contributed by atoms with van der Waals surface area (Å²) in [6, 6.07) is 0.699. The second-order valence-corrected chi connectivity index (χ2v) is 5.69. The number of hydrogen-bond acceptors (Lipinski definition) is 2. The highest BCUT2D eigenvalue weighted by Crippen LogP contribution is 2.18.